The zero-order chi connectivity index (χ0) is 24.7. The Morgan fingerprint density at radius 2 is 1.46 bits per heavy atom. The molecule has 5 nitrogen and oxygen atoms in total. The van der Waals surface area contributed by atoms with Crippen molar-refractivity contribution in [2.75, 3.05) is 0 Å². The molecule has 1 aromatic heterocycles. The molecule has 0 unspecified atom stereocenters. The average molecular weight is 483 g/mol. The first-order valence-corrected chi connectivity index (χ1v) is 14.3. The first-order valence-electron chi connectivity index (χ1n) is 14.3. The Balaban J connectivity index is 1.36. The highest BCUT2D eigenvalue weighted by molar-refractivity contribution is 5.75. The monoisotopic (exact) mass is 482 g/mol. The standard InChI is InChI=1S/C30H46N2O3/c1-3-5-7-8-9-10-11-13-15-28-31-32-29(35-28)25-20-22-27(23-21-25)34-30(33)26-18-16-24(17-19-26)14-12-6-4-2/h20-24,26H,3-19H2,1-2H3. The number of carbonyl (C=O) groups excluding carboxylic acids is 1. The largest absolute Gasteiger partial charge is 0.426 e. The van der Waals surface area contributed by atoms with Gasteiger partial charge in [0.05, 0.1) is 5.92 Å². The lowest BCUT2D eigenvalue weighted by Crippen LogP contribution is -2.25. The topological polar surface area (TPSA) is 65.2 Å². The minimum absolute atomic E-state index is 0.0342. The number of rotatable bonds is 16. The van der Waals surface area contributed by atoms with Crippen LogP contribution in [-0.4, -0.2) is 16.2 Å². The van der Waals surface area contributed by atoms with Crippen LogP contribution >= 0.6 is 0 Å². The van der Waals surface area contributed by atoms with Gasteiger partial charge in [0, 0.05) is 12.0 Å². The summed E-state index contributed by atoms with van der Waals surface area (Å²) in [5, 5.41) is 8.42. The maximum absolute atomic E-state index is 12.6. The second kappa shape index (κ2) is 15.7. The Labute approximate surface area is 212 Å². The van der Waals surface area contributed by atoms with Crippen molar-refractivity contribution in [2.24, 2.45) is 11.8 Å². The molecule has 1 heterocycles. The van der Waals surface area contributed by atoms with Crippen molar-refractivity contribution < 1.29 is 13.9 Å². The molecule has 5 heteroatoms. The summed E-state index contributed by atoms with van der Waals surface area (Å²) in [5.41, 5.74) is 0.854. The first-order chi connectivity index (χ1) is 17.2. The Morgan fingerprint density at radius 1 is 0.829 bits per heavy atom. The number of nitrogens with zero attached hydrogens (tertiary/aromatic N) is 2. The Bertz CT molecular complexity index is 838. The van der Waals surface area contributed by atoms with Crippen molar-refractivity contribution in [2.45, 2.75) is 123 Å². The molecule has 194 valence electrons. The van der Waals surface area contributed by atoms with E-state index in [-0.39, 0.29) is 11.9 Å². The van der Waals surface area contributed by atoms with Crippen molar-refractivity contribution in [3.8, 4) is 17.2 Å². The van der Waals surface area contributed by atoms with Crippen molar-refractivity contribution in [3.63, 3.8) is 0 Å². The van der Waals surface area contributed by atoms with Gasteiger partial charge in [0.1, 0.15) is 5.75 Å². The van der Waals surface area contributed by atoms with E-state index >= 15 is 0 Å². The van der Waals surface area contributed by atoms with Gasteiger partial charge in [-0.1, -0.05) is 84.5 Å². The molecule has 2 aromatic rings. The number of unbranched alkanes of at least 4 members (excludes halogenated alkanes) is 9. The van der Waals surface area contributed by atoms with E-state index in [2.05, 4.69) is 24.0 Å². The van der Waals surface area contributed by atoms with Gasteiger partial charge in [0.15, 0.2) is 0 Å². The van der Waals surface area contributed by atoms with Crippen molar-refractivity contribution >= 4 is 5.97 Å². The van der Waals surface area contributed by atoms with Gasteiger partial charge in [0.25, 0.3) is 0 Å². The predicted octanol–water partition coefficient (Wildman–Crippen LogP) is 8.71. The molecule has 0 N–H and O–H groups in total. The highest BCUT2D eigenvalue weighted by atomic mass is 16.5. The van der Waals surface area contributed by atoms with Gasteiger partial charge in [-0.2, -0.15) is 0 Å². The van der Waals surface area contributed by atoms with Crippen molar-refractivity contribution in [1.82, 2.24) is 10.2 Å². The summed E-state index contributed by atoms with van der Waals surface area (Å²) in [6.07, 6.45) is 20.6. The molecule has 1 aliphatic rings. The van der Waals surface area contributed by atoms with E-state index in [1.807, 2.05) is 24.3 Å². The van der Waals surface area contributed by atoms with E-state index in [1.165, 1.54) is 70.6 Å². The number of aryl methyl sites for hydroxylation is 1. The molecule has 0 aliphatic heterocycles. The summed E-state index contributed by atoms with van der Waals surface area (Å²) in [4.78, 5) is 12.6. The smallest absolute Gasteiger partial charge is 0.314 e. The van der Waals surface area contributed by atoms with Crippen LogP contribution in [0, 0.1) is 11.8 Å². The van der Waals surface area contributed by atoms with Crippen LogP contribution in [0.4, 0.5) is 0 Å². The summed E-state index contributed by atoms with van der Waals surface area (Å²) < 4.78 is 11.5. The molecule has 0 atom stereocenters. The van der Waals surface area contributed by atoms with E-state index in [4.69, 9.17) is 9.15 Å². The third-order valence-corrected chi connectivity index (χ3v) is 7.43. The lowest BCUT2D eigenvalue weighted by Gasteiger charge is -2.27. The normalized spacial score (nSPS) is 18.0. The first kappa shape index (κ1) is 27.4. The van der Waals surface area contributed by atoms with Gasteiger partial charge in [0.2, 0.25) is 11.8 Å². The number of ether oxygens (including phenoxy) is 1. The predicted molar refractivity (Wildman–Crippen MR) is 141 cm³/mol. The third-order valence-electron chi connectivity index (χ3n) is 7.43. The fourth-order valence-corrected chi connectivity index (χ4v) is 5.12. The van der Waals surface area contributed by atoms with E-state index in [0.717, 1.165) is 50.0 Å². The van der Waals surface area contributed by atoms with E-state index in [9.17, 15) is 4.79 Å². The highest BCUT2D eigenvalue weighted by Crippen LogP contribution is 2.33. The molecular formula is C30H46N2O3. The van der Waals surface area contributed by atoms with E-state index in [1.54, 1.807) is 0 Å². The molecule has 35 heavy (non-hydrogen) atoms. The Morgan fingerprint density at radius 3 is 2.14 bits per heavy atom. The van der Waals surface area contributed by atoms with Crippen LogP contribution in [0.1, 0.15) is 122 Å². The number of benzene rings is 1. The van der Waals surface area contributed by atoms with Crippen LogP contribution in [-0.2, 0) is 11.2 Å². The zero-order valence-corrected chi connectivity index (χ0v) is 22.1. The summed E-state index contributed by atoms with van der Waals surface area (Å²) in [5.74, 6) is 2.55. The maximum Gasteiger partial charge on any atom is 0.314 e. The summed E-state index contributed by atoms with van der Waals surface area (Å²) in [7, 11) is 0. The minimum atomic E-state index is -0.0878. The second-order valence-electron chi connectivity index (χ2n) is 10.4. The molecule has 3 rings (SSSR count). The minimum Gasteiger partial charge on any atom is -0.426 e. The van der Waals surface area contributed by atoms with Gasteiger partial charge in [-0.3, -0.25) is 4.79 Å². The van der Waals surface area contributed by atoms with E-state index < -0.39 is 0 Å². The fraction of sp³-hybridized carbons (Fsp3) is 0.700. The summed E-state index contributed by atoms with van der Waals surface area (Å²) >= 11 is 0. The van der Waals surface area contributed by atoms with E-state index in [0.29, 0.717) is 17.5 Å². The Kier molecular flexibility index (Phi) is 12.3. The van der Waals surface area contributed by atoms with Gasteiger partial charge in [-0.15, -0.1) is 10.2 Å². The molecule has 0 spiro atoms. The second-order valence-corrected chi connectivity index (χ2v) is 10.4. The molecule has 0 saturated heterocycles. The highest BCUT2D eigenvalue weighted by Gasteiger charge is 2.27. The number of carbonyl (C=O) groups is 1. The van der Waals surface area contributed by atoms with Crippen LogP contribution in [0.3, 0.4) is 0 Å². The molecule has 0 radical (unpaired) electrons. The van der Waals surface area contributed by atoms with Crippen LogP contribution in [0.5, 0.6) is 5.75 Å². The average Bonchev–Trinajstić information content (AvgIpc) is 3.35. The molecule has 1 aliphatic carbocycles. The Hall–Kier alpha value is -2.17. The molecule has 1 saturated carbocycles. The number of aromatic nitrogens is 2. The number of hydrogen-bond acceptors (Lipinski definition) is 5. The lowest BCUT2D eigenvalue weighted by molar-refractivity contribution is -0.140. The molecule has 1 aromatic carbocycles. The summed E-state index contributed by atoms with van der Waals surface area (Å²) in [6, 6.07) is 7.43. The van der Waals surface area contributed by atoms with Crippen molar-refractivity contribution in [3.05, 3.63) is 30.2 Å². The third kappa shape index (κ3) is 9.77. The van der Waals surface area contributed by atoms with Crippen molar-refractivity contribution in [1.29, 1.82) is 0 Å². The molecular weight excluding hydrogens is 436 g/mol. The number of esters is 1. The van der Waals surface area contributed by atoms with Gasteiger partial charge >= 0.3 is 5.97 Å². The van der Waals surface area contributed by atoms with Crippen LogP contribution in [0.15, 0.2) is 28.7 Å². The van der Waals surface area contributed by atoms with Crippen LogP contribution in [0.25, 0.3) is 11.5 Å². The quantitative estimate of drug-likeness (QED) is 0.136. The molecule has 1 fully saturated rings. The van der Waals surface area contributed by atoms with Gasteiger partial charge in [-0.05, 0) is 62.3 Å². The number of hydrogen-bond donors (Lipinski definition) is 0. The fourth-order valence-electron chi connectivity index (χ4n) is 5.12. The SMILES string of the molecule is CCCCCCCCCCc1nnc(-c2ccc(OC(=O)C3CCC(CCCCC)CC3)cc2)o1. The van der Waals surface area contributed by atoms with Gasteiger partial charge < -0.3 is 9.15 Å². The molecule has 0 bridgehead atoms. The van der Waals surface area contributed by atoms with Crippen LogP contribution < -0.4 is 4.74 Å². The summed E-state index contributed by atoms with van der Waals surface area (Å²) in [6.45, 7) is 4.50. The lowest BCUT2D eigenvalue weighted by atomic mass is 9.80. The zero-order valence-electron chi connectivity index (χ0n) is 22.1. The van der Waals surface area contributed by atoms with Crippen LogP contribution in [0.2, 0.25) is 0 Å². The molecule has 0 amide bonds. The van der Waals surface area contributed by atoms with Gasteiger partial charge in [-0.25, -0.2) is 0 Å². The maximum atomic E-state index is 12.6.